The summed E-state index contributed by atoms with van der Waals surface area (Å²) in [6.45, 7) is 12.1. The summed E-state index contributed by atoms with van der Waals surface area (Å²) in [5.41, 5.74) is 2.08. The lowest BCUT2D eigenvalue weighted by molar-refractivity contribution is -0.356. The molecule has 4 bridgehead atoms. The molecule has 7 atom stereocenters. The molecule has 3 heterocycles. The van der Waals surface area contributed by atoms with Gasteiger partial charge in [-0.05, 0) is 68.5 Å². The van der Waals surface area contributed by atoms with Crippen LogP contribution in [-0.2, 0) is 21.3 Å². The number of nitrogens with zero attached hydrogens (tertiary/aromatic N) is 1. The van der Waals surface area contributed by atoms with Crippen LogP contribution in [0.25, 0.3) is 0 Å². The van der Waals surface area contributed by atoms with E-state index in [0.29, 0.717) is 12.8 Å². The fourth-order valence-corrected chi connectivity index (χ4v) is 9.55. The summed E-state index contributed by atoms with van der Waals surface area (Å²) in [4.78, 5) is 2.87. The van der Waals surface area contributed by atoms with Crippen molar-refractivity contribution in [2.45, 2.75) is 88.6 Å². The number of piperidine rings is 1. The maximum absolute atomic E-state index is 7.15. The Morgan fingerprint density at radius 2 is 1.97 bits per heavy atom. The molecular weight excluding hydrogens is 438 g/mol. The minimum Gasteiger partial charge on any atom is -0.493 e. The van der Waals surface area contributed by atoms with E-state index in [1.54, 1.807) is 7.11 Å². The van der Waals surface area contributed by atoms with Crippen molar-refractivity contribution in [1.29, 1.82) is 0 Å². The van der Waals surface area contributed by atoms with Crippen LogP contribution in [-0.4, -0.2) is 55.2 Å². The van der Waals surface area contributed by atoms with Crippen LogP contribution in [0.3, 0.4) is 0 Å². The average molecular weight is 478 g/mol. The van der Waals surface area contributed by atoms with Crippen molar-refractivity contribution in [3.63, 3.8) is 0 Å². The van der Waals surface area contributed by atoms with E-state index in [2.05, 4.69) is 56.9 Å². The van der Waals surface area contributed by atoms with Crippen LogP contribution in [0.4, 0.5) is 0 Å². The predicted octanol–water partition coefficient (Wildman–Crippen LogP) is 4.86. The normalized spacial score (nSPS) is 46.7. The molecule has 1 aromatic rings. The Morgan fingerprint density at radius 1 is 1.14 bits per heavy atom. The highest BCUT2D eigenvalue weighted by molar-refractivity contribution is 5.65. The third-order valence-electron chi connectivity index (χ3n) is 11.8. The molecule has 5 aliphatic carbocycles. The molecule has 1 unspecified atom stereocenters. The second kappa shape index (κ2) is 6.28. The van der Waals surface area contributed by atoms with Gasteiger partial charge in [-0.3, -0.25) is 4.90 Å². The Morgan fingerprint density at radius 3 is 2.71 bits per heavy atom. The van der Waals surface area contributed by atoms with Crippen molar-refractivity contribution in [3.05, 3.63) is 35.4 Å². The number of benzene rings is 1. The van der Waals surface area contributed by atoms with Crippen LogP contribution < -0.4 is 9.47 Å². The number of hydrogen-bond donors (Lipinski definition) is 0. The summed E-state index contributed by atoms with van der Waals surface area (Å²) >= 11 is 0. The zero-order valence-corrected chi connectivity index (χ0v) is 21.9. The highest BCUT2D eigenvalue weighted by Crippen LogP contribution is 2.77. The molecule has 9 rings (SSSR count). The van der Waals surface area contributed by atoms with Crippen molar-refractivity contribution >= 4 is 0 Å². The molecule has 5 nitrogen and oxygen atoms in total. The number of ether oxygens (including phenoxy) is 4. The van der Waals surface area contributed by atoms with Crippen LogP contribution in [0.15, 0.2) is 24.3 Å². The first-order valence-corrected chi connectivity index (χ1v) is 13.8. The van der Waals surface area contributed by atoms with Crippen LogP contribution in [0.5, 0.6) is 11.5 Å². The molecule has 2 saturated heterocycles. The average Bonchev–Trinajstić information content (AvgIpc) is 3.57. The molecule has 3 spiro atoms. The first-order valence-electron chi connectivity index (χ1n) is 13.8. The van der Waals surface area contributed by atoms with Crippen LogP contribution in [0.1, 0.15) is 64.5 Å². The quantitative estimate of drug-likeness (QED) is 0.582. The zero-order chi connectivity index (χ0) is 24.0. The van der Waals surface area contributed by atoms with Gasteiger partial charge in [0.25, 0.3) is 0 Å². The van der Waals surface area contributed by atoms with Crippen LogP contribution in [0.2, 0.25) is 0 Å². The van der Waals surface area contributed by atoms with Gasteiger partial charge in [0.1, 0.15) is 18.5 Å². The van der Waals surface area contributed by atoms with Crippen molar-refractivity contribution in [3.8, 4) is 11.5 Å². The Hall–Kier alpha value is -1.56. The van der Waals surface area contributed by atoms with E-state index in [9.17, 15) is 0 Å². The van der Waals surface area contributed by atoms with Gasteiger partial charge in [-0.15, -0.1) is 0 Å². The highest BCUT2D eigenvalue weighted by atomic mass is 16.7. The maximum Gasteiger partial charge on any atom is 0.166 e. The van der Waals surface area contributed by atoms with Gasteiger partial charge in [0.05, 0.1) is 18.1 Å². The second-order valence-corrected chi connectivity index (χ2v) is 13.8. The fourth-order valence-electron chi connectivity index (χ4n) is 9.55. The first kappa shape index (κ1) is 21.5. The third kappa shape index (κ3) is 2.22. The van der Waals surface area contributed by atoms with Gasteiger partial charge in [0, 0.05) is 29.5 Å². The molecule has 4 fully saturated rings. The van der Waals surface area contributed by atoms with Crippen LogP contribution >= 0.6 is 0 Å². The minimum absolute atomic E-state index is 0.0185. The summed E-state index contributed by atoms with van der Waals surface area (Å²) in [5.74, 6) is 2.99. The fraction of sp³-hybridized carbons (Fsp3) is 0.733. The minimum atomic E-state index is -0.482. The Labute approximate surface area is 209 Å². The zero-order valence-electron chi connectivity index (χ0n) is 21.9. The maximum atomic E-state index is 7.15. The lowest BCUT2D eigenvalue weighted by Crippen LogP contribution is -2.83. The first-order chi connectivity index (χ1) is 16.7. The Balaban J connectivity index is 1.39. The molecule has 2 saturated carbocycles. The molecule has 0 aromatic heterocycles. The van der Waals surface area contributed by atoms with Gasteiger partial charge in [0.15, 0.2) is 11.5 Å². The predicted molar refractivity (Wildman–Crippen MR) is 133 cm³/mol. The van der Waals surface area contributed by atoms with Gasteiger partial charge in [-0.1, -0.05) is 39.0 Å². The van der Waals surface area contributed by atoms with E-state index >= 15 is 0 Å². The molecule has 0 radical (unpaired) electrons. The lowest BCUT2D eigenvalue weighted by Gasteiger charge is -2.74. The number of likely N-dealkylation sites (tertiary alicyclic amines) is 1. The molecule has 0 amide bonds. The molecule has 188 valence electrons. The van der Waals surface area contributed by atoms with Crippen molar-refractivity contribution < 1.29 is 18.9 Å². The van der Waals surface area contributed by atoms with Gasteiger partial charge in [-0.25, -0.2) is 0 Å². The van der Waals surface area contributed by atoms with E-state index in [-0.39, 0.29) is 33.9 Å². The smallest absolute Gasteiger partial charge is 0.166 e. The number of methoxy groups -OCH3 is 1. The standard InChI is InChI=1S/C30H39NO4/c1-26(2,3)27(4)21-15-28-10-11-30(21,34-17-33-27)25-29(28)12-13-31(16-18-6-7-18)22(28)14-19-8-9-20(32-5)24(35-25)23(19)29/h8-11,18,21-22,25H,6-7,12-17H2,1-5H3/t21-,22-,25-,27+,28-,29+,30?/m1/s1. The van der Waals surface area contributed by atoms with E-state index in [1.807, 2.05) is 0 Å². The second-order valence-electron chi connectivity index (χ2n) is 13.8. The van der Waals surface area contributed by atoms with Crippen molar-refractivity contribution in [2.75, 3.05) is 27.0 Å². The molecule has 35 heavy (non-hydrogen) atoms. The van der Waals surface area contributed by atoms with Gasteiger partial charge >= 0.3 is 0 Å². The summed E-state index contributed by atoms with van der Waals surface area (Å²) in [5, 5.41) is 0. The Bertz CT molecular complexity index is 1150. The van der Waals surface area contributed by atoms with E-state index in [1.165, 1.54) is 30.5 Å². The summed E-state index contributed by atoms with van der Waals surface area (Å²) < 4.78 is 26.4. The SMILES string of the molecule is COc1ccc2c3c1O[C@H]1C45C=C[C@@]6(C[C@@H]4[C@@](C)(C(C)(C)C)OCO5)[C@@H](C2)N(CC2CC2)CC[C@]316. The van der Waals surface area contributed by atoms with E-state index in [4.69, 9.17) is 18.9 Å². The largest absolute Gasteiger partial charge is 0.493 e. The topological polar surface area (TPSA) is 40.2 Å². The van der Waals surface area contributed by atoms with E-state index in [0.717, 1.165) is 43.2 Å². The molecule has 1 aromatic carbocycles. The highest BCUT2D eigenvalue weighted by Gasteiger charge is 2.82. The number of rotatable bonds is 3. The molecule has 3 aliphatic heterocycles. The molecule has 0 N–H and O–H groups in total. The molecule has 8 aliphatic rings. The van der Waals surface area contributed by atoms with E-state index < -0.39 is 5.60 Å². The van der Waals surface area contributed by atoms with Crippen molar-refractivity contribution in [1.82, 2.24) is 4.90 Å². The molecular formula is C30H39NO4. The van der Waals surface area contributed by atoms with Crippen LogP contribution in [0, 0.1) is 22.7 Å². The van der Waals surface area contributed by atoms with Gasteiger partial charge in [-0.2, -0.15) is 0 Å². The number of hydrogen-bond acceptors (Lipinski definition) is 5. The third-order valence-corrected chi connectivity index (χ3v) is 11.8. The monoisotopic (exact) mass is 477 g/mol. The van der Waals surface area contributed by atoms with Gasteiger partial charge in [0.2, 0.25) is 0 Å². The summed E-state index contributed by atoms with van der Waals surface area (Å²) in [7, 11) is 1.77. The summed E-state index contributed by atoms with van der Waals surface area (Å²) in [6.07, 6.45) is 11.1. The lowest BCUT2D eigenvalue weighted by atomic mass is 9.35. The van der Waals surface area contributed by atoms with Crippen molar-refractivity contribution in [2.24, 2.45) is 22.7 Å². The Kier molecular flexibility index (Phi) is 3.86. The molecule has 5 heteroatoms. The van der Waals surface area contributed by atoms with Gasteiger partial charge < -0.3 is 18.9 Å². The summed E-state index contributed by atoms with van der Waals surface area (Å²) in [6, 6.07) is 4.96.